The second-order valence-electron chi connectivity index (χ2n) is 5.39. The van der Waals surface area contributed by atoms with Crippen LogP contribution in [0.25, 0.3) is 0 Å². The van der Waals surface area contributed by atoms with Crippen molar-refractivity contribution in [2.45, 2.75) is 37.7 Å². The van der Waals surface area contributed by atoms with Crippen molar-refractivity contribution in [3.8, 4) is 6.07 Å². The average molecular weight is 265 g/mol. The van der Waals surface area contributed by atoms with Crippen LogP contribution in [0.5, 0.6) is 0 Å². The van der Waals surface area contributed by atoms with Crippen molar-refractivity contribution < 1.29 is 14.7 Å². The number of likely N-dealkylation sites (tertiary alicyclic amines) is 1. The second kappa shape index (κ2) is 5.57. The summed E-state index contributed by atoms with van der Waals surface area (Å²) in [7, 11) is 0. The molecule has 1 heterocycles. The molecule has 2 aliphatic rings. The van der Waals surface area contributed by atoms with E-state index in [1.165, 1.54) is 4.90 Å². The van der Waals surface area contributed by atoms with E-state index in [9.17, 15) is 14.7 Å². The maximum absolute atomic E-state index is 11.9. The molecule has 19 heavy (non-hydrogen) atoms. The van der Waals surface area contributed by atoms with Crippen molar-refractivity contribution in [1.29, 1.82) is 5.26 Å². The SMILES string of the molecule is N#CCNC(=O)C(=O)N1CCC2(O)CCCCC2C1. The number of aliphatic hydroxyl groups is 1. The highest BCUT2D eigenvalue weighted by atomic mass is 16.3. The third kappa shape index (κ3) is 2.87. The van der Waals surface area contributed by atoms with Gasteiger partial charge in [-0.2, -0.15) is 5.26 Å². The lowest BCUT2D eigenvalue weighted by molar-refractivity contribution is -0.153. The Morgan fingerprint density at radius 3 is 2.95 bits per heavy atom. The fourth-order valence-corrected chi connectivity index (χ4v) is 3.09. The molecule has 0 aromatic rings. The molecule has 0 aromatic carbocycles. The smallest absolute Gasteiger partial charge is 0.311 e. The molecule has 0 radical (unpaired) electrons. The lowest BCUT2D eigenvalue weighted by Crippen LogP contribution is -2.56. The Balaban J connectivity index is 1.95. The number of nitriles is 1. The van der Waals surface area contributed by atoms with E-state index in [1.54, 1.807) is 6.07 Å². The minimum absolute atomic E-state index is 0.0720. The molecule has 2 N–H and O–H groups in total. The van der Waals surface area contributed by atoms with Gasteiger partial charge in [0.25, 0.3) is 0 Å². The number of hydrogen-bond acceptors (Lipinski definition) is 4. The van der Waals surface area contributed by atoms with E-state index in [4.69, 9.17) is 5.26 Å². The molecule has 0 aromatic heterocycles. The van der Waals surface area contributed by atoms with Gasteiger partial charge in [-0.1, -0.05) is 12.8 Å². The number of nitrogens with zero attached hydrogens (tertiary/aromatic N) is 2. The van der Waals surface area contributed by atoms with Crippen LogP contribution in [0.1, 0.15) is 32.1 Å². The Morgan fingerprint density at radius 2 is 2.21 bits per heavy atom. The zero-order valence-corrected chi connectivity index (χ0v) is 10.9. The third-order valence-corrected chi connectivity index (χ3v) is 4.24. The fraction of sp³-hybridized carbons (Fsp3) is 0.769. The summed E-state index contributed by atoms with van der Waals surface area (Å²) >= 11 is 0. The number of piperidine rings is 1. The molecular weight excluding hydrogens is 246 g/mol. The van der Waals surface area contributed by atoms with Crippen molar-refractivity contribution in [2.75, 3.05) is 19.6 Å². The highest BCUT2D eigenvalue weighted by Gasteiger charge is 2.44. The number of carbonyl (C=O) groups excluding carboxylic acids is 2. The number of amides is 2. The van der Waals surface area contributed by atoms with Gasteiger partial charge >= 0.3 is 11.8 Å². The van der Waals surface area contributed by atoms with Crippen LogP contribution in [0.15, 0.2) is 0 Å². The number of fused-ring (bicyclic) bond motifs is 1. The van der Waals surface area contributed by atoms with Crippen molar-refractivity contribution in [3.63, 3.8) is 0 Å². The van der Waals surface area contributed by atoms with Gasteiger partial charge in [-0.15, -0.1) is 0 Å². The number of carbonyl (C=O) groups is 2. The standard InChI is InChI=1S/C13H19N3O3/c14-6-7-15-11(17)12(18)16-8-5-13(19)4-2-1-3-10(13)9-16/h10,19H,1-5,7-9H2,(H,15,17). The molecule has 0 bridgehead atoms. The summed E-state index contributed by atoms with van der Waals surface area (Å²) in [4.78, 5) is 24.9. The van der Waals surface area contributed by atoms with E-state index >= 15 is 0 Å². The van der Waals surface area contributed by atoms with Gasteiger partial charge in [0.05, 0.1) is 11.7 Å². The molecule has 1 saturated heterocycles. The molecule has 1 aliphatic heterocycles. The van der Waals surface area contributed by atoms with Crippen LogP contribution in [0.2, 0.25) is 0 Å². The molecular formula is C13H19N3O3. The van der Waals surface area contributed by atoms with E-state index in [0.29, 0.717) is 19.5 Å². The van der Waals surface area contributed by atoms with Gasteiger partial charge in [-0.3, -0.25) is 9.59 Å². The molecule has 1 aliphatic carbocycles. The van der Waals surface area contributed by atoms with Gasteiger partial charge < -0.3 is 15.3 Å². The van der Waals surface area contributed by atoms with Crippen LogP contribution < -0.4 is 5.32 Å². The quantitative estimate of drug-likeness (QED) is 0.506. The lowest BCUT2D eigenvalue weighted by Gasteiger charge is -2.47. The number of hydrogen-bond donors (Lipinski definition) is 2. The van der Waals surface area contributed by atoms with Crippen molar-refractivity contribution in [3.05, 3.63) is 0 Å². The first-order valence-electron chi connectivity index (χ1n) is 6.73. The largest absolute Gasteiger partial charge is 0.389 e. The monoisotopic (exact) mass is 265 g/mol. The number of rotatable bonds is 1. The Kier molecular flexibility index (Phi) is 4.05. The van der Waals surface area contributed by atoms with Crippen molar-refractivity contribution >= 4 is 11.8 Å². The molecule has 2 unspecified atom stereocenters. The van der Waals surface area contributed by atoms with Gasteiger partial charge in [-0.05, 0) is 19.3 Å². The van der Waals surface area contributed by atoms with Crippen LogP contribution in [-0.4, -0.2) is 47.1 Å². The van der Waals surface area contributed by atoms with Gasteiger partial charge in [-0.25, -0.2) is 0 Å². The molecule has 2 fully saturated rings. The summed E-state index contributed by atoms with van der Waals surface area (Å²) in [6.45, 7) is 0.687. The minimum atomic E-state index is -0.734. The maximum Gasteiger partial charge on any atom is 0.311 e. The van der Waals surface area contributed by atoms with Gasteiger partial charge in [0.1, 0.15) is 6.54 Å². The molecule has 1 saturated carbocycles. The topological polar surface area (TPSA) is 93.4 Å². The van der Waals surface area contributed by atoms with Gasteiger partial charge in [0.15, 0.2) is 0 Å². The first kappa shape index (κ1) is 13.8. The summed E-state index contributed by atoms with van der Waals surface area (Å²) in [5.41, 5.74) is -0.655. The van der Waals surface area contributed by atoms with Crippen LogP contribution in [0.4, 0.5) is 0 Å². The summed E-state index contributed by atoms with van der Waals surface area (Å²) in [5.74, 6) is -1.26. The predicted octanol–water partition coefficient (Wildman–Crippen LogP) is -0.220. The molecule has 2 atom stereocenters. The Morgan fingerprint density at radius 1 is 1.42 bits per heavy atom. The predicted molar refractivity (Wildman–Crippen MR) is 66.7 cm³/mol. The Hall–Kier alpha value is -1.61. The van der Waals surface area contributed by atoms with E-state index in [1.807, 2.05) is 0 Å². The Bertz CT molecular complexity index is 418. The maximum atomic E-state index is 11.9. The zero-order valence-electron chi connectivity index (χ0n) is 10.9. The normalized spacial score (nSPS) is 30.1. The summed E-state index contributed by atoms with van der Waals surface area (Å²) in [5, 5.41) is 21.1. The fourth-order valence-electron chi connectivity index (χ4n) is 3.09. The molecule has 6 nitrogen and oxygen atoms in total. The van der Waals surface area contributed by atoms with Crippen LogP contribution in [0, 0.1) is 17.2 Å². The molecule has 0 spiro atoms. The zero-order chi connectivity index (χ0) is 13.9. The summed E-state index contributed by atoms with van der Waals surface area (Å²) in [6.07, 6.45) is 4.33. The molecule has 104 valence electrons. The molecule has 6 heteroatoms. The van der Waals surface area contributed by atoms with E-state index in [-0.39, 0.29) is 12.5 Å². The average Bonchev–Trinajstić information content (AvgIpc) is 2.42. The highest BCUT2D eigenvalue weighted by molar-refractivity contribution is 6.35. The first-order valence-corrected chi connectivity index (χ1v) is 6.73. The van der Waals surface area contributed by atoms with Gasteiger partial charge in [0.2, 0.25) is 0 Å². The van der Waals surface area contributed by atoms with Crippen LogP contribution in [-0.2, 0) is 9.59 Å². The molecule has 2 amide bonds. The minimum Gasteiger partial charge on any atom is -0.389 e. The summed E-state index contributed by atoms with van der Waals surface area (Å²) < 4.78 is 0. The lowest BCUT2D eigenvalue weighted by atomic mass is 9.71. The van der Waals surface area contributed by atoms with Crippen LogP contribution in [0.3, 0.4) is 0 Å². The molecule has 2 rings (SSSR count). The second-order valence-corrected chi connectivity index (χ2v) is 5.39. The Labute approximate surface area is 112 Å². The van der Waals surface area contributed by atoms with Crippen molar-refractivity contribution in [1.82, 2.24) is 10.2 Å². The first-order chi connectivity index (χ1) is 9.07. The van der Waals surface area contributed by atoms with E-state index in [2.05, 4.69) is 5.32 Å². The highest BCUT2D eigenvalue weighted by Crippen LogP contribution is 2.39. The van der Waals surface area contributed by atoms with E-state index < -0.39 is 17.4 Å². The third-order valence-electron chi connectivity index (χ3n) is 4.24. The van der Waals surface area contributed by atoms with E-state index in [0.717, 1.165) is 25.7 Å². The van der Waals surface area contributed by atoms with Gasteiger partial charge in [0, 0.05) is 19.0 Å². The number of nitrogens with one attached hydrogen (secondary N) is 1. The van der Waals surface area contributed by atoms with Crippen LogP contribution >= 0.6 is 0 Å². The van der Waals surface area contributed by atoms with Crippen molar-refractivity contribution in [2.24, 2.45) is 5.92 Å². The summed E-state index contributed by atoms with van der Waals surface area (Å²) in [6, 6.07) is 1.77.